The summed E-state index contributed by atoms with van der Waals surface area (Å²) >= 11 is 7.01. The number of nitrogens with one attached hydrogen (secondary N) is 1. The summed E-state index contributed by atoms with van der Waals surface area (Å²) in [6.07, 6.45) is 1.47. The van der Waals surface area contributed by atoms with Crippen LogP contribution in [0.5, 0.6) is 5.75 Å². The van der Waals surface area contributed by atoms with Gasteiger partial charge >= 0.3 is 0 Å². The van der Waals surface area contributed by atoms with Crippen LogP contribution in [0.4, 0.5) is 5.82 Å². The third-order valence-corrected chi connectivity index (χ3v) is 5.79. The molecule has 164 valence electrons. The van der Waals surface area contributed by atoms with E-state index in [1.165, 1.54) is 22.6 Å². The van der Waals surface area contributed by atoms with Crippen molar-refractivity contribution in [2.24, 2.45) is 0 Å². The molecule has 10 heteroatoms. The van der Waals surface area contributed by atoms with Crippen LogP contribution in [-0.2, 0) is 11.4 Å². The van der Waals surface area contributed by atoms with E-state index < -0.39 is 5.25 Å². The summed E-state index contributed by atoms with van der Waals surface area (Å²) in [5.74, 6) is 7.92. The van der Waals surface area contributed by atoms with E-state index in [-0.39, 0.29) is 12.5 Å². The fourth-order valence-corrected chi connectivity index (χ4v) is 3.66. The monoisotopic (exact) mass is 460 g/mol. The Morgan fingerprint density at radius 3 is 2.71 bits per heavy atom. The number of aryl methyl sites for hydroxylation is 1. The first-order chi connectivity index (χ1) is 14.7. The molecule has 0 fully saturated rings. The third-order valence-electron chi connectivity index (χ3n) is 4.51. The lowest BCUT2D eigenvalue weighted by Crippen LogP contribution is -2.24. The SMILES string of the molecule is Cc1ccc(C(C)C)c(OCc2nnc(SC(C)C(=O)Nc3ccc(Cl)cn3)n2N)c1. The van der Waals surface area contributed by atoms with E-state index in [2.05, 4.69) is 46.5 Å². The number of benzene rings is 1. The molecule has 1 unspecified atom stereocenters. The number of rotatable bonds is 8. The number of amides is 1. The number of nitrogens with two attached hydrogens (primary N) is 1. The topological polar surface area (TPSA) is 108 Å². The summed E-state index contributed by atoms with van der Waals surface area (Å²) in [5.41, 5.74) is 2.23. The van der Waals surface area contributed by atoms with Gasteiger partial charge in [-0.05, 0) is 49.1 Å². The first-order valence-electron chi connectivity index (χ1n) is 9.76. The van der Waals surface area contributed by atoms with E-state index in [1.54, 1.807) is 19.1 Å². The molecule has 1 aromatic carbocycles. The zero-order valence-electron chi connectivity index (χ0n) is 17.8. The number of carbonyl (C=O) groups excluding carboxylic acids is 1. The number of halogens is 1. The maximum absolute atomic E-state index is 12.4. The number of anilines is 1. The minimum atomic E-state index is -0.470. The molecule has 8 nitrogen and oxygen atoms in total. The van der Waals surface area contributed by atoms with E-state index in [0.717, 1.165) is 16.9 Å². The van der Waals surface area contributed by atoms with Crippen LogP contribution in [0.3, 0.4) is 0 Å². The summed E-state index contributed by atoms with van der Waals surface area (Å²) < 4.78 is 7.34. The molecule has 0 aliphatic rings. The van der Waals surface area contributed by atoms with Crippen molar-refractivity contribution < 1.29 is 9.53 Å². The average Bonchev–Trinajstić information content (AvgIpc) is 3.07. The van der Waals surface area contributed by atoms with Crippen LogP contribution >= 0.6 is 23.4 Å². The van der Waals surface area contributed by atoms with Gasteiger partial charge in [0, 0.05) is 6.20 Å². The normalized spacial score (nSPS) is 12.1. The Morgan fingerprint density at radius 1 is 1.26 bits per heavy atom. The van der Waals surface area contributed by atoms with Gasteiger partial charge < -0.3 is 15.9 Å². The maximum Gasteiger partial charge on any atom is 0.238 e. The van der Waals surface area contributed by atoms with Crippen molar-refractivity contribution in [3.05, 3.63) is 58.5 Å². The van der Waals surface area contributed by atoms with Gasteiger partial charge in [-0.1, -0.05) is 49.3 Å². The quantitative estimate of drug-likeness (QED) is 0.383. The predicted octanol–water partition coefficient (Wildman–Crippen LogP) is 4.17. The van der Waals surface area contributed by atoms with E-state index in [9.17, 15) is 4.79 Å². The van der Waals surface area contributed by atoms with Crippen molar-refractivity contribution in [3.63, 3.8) is 0 Å². The highest BCUT2D eigenvalue weighted by atomic mass is 35.5. The summed E-state index contributed by atoms with van der Waals surface area (Å²) in [6.45, 7) is 8.17. The van der Waals surface area contributed by atoms with Crippen molar-refractivity contribution in [1.82, 2.24) is 19.9 Å². The van der Waals surface area contributed by atoms with Gasteiger partial charge in [0.1, 0.15) is 18.2 Å². The van der Waals surface area contributed by atoms with Gasteiger partial charge in [0.25, 0.3) is 0 Å². The minimum absolute atomic E-state index is 0.169. The molecule has 0 saturated heterocycles. The molecule has 0 spiro atoms. The molecule has 2 aromatic heterocycles. The predicted molar refractivity (Wildman–Crippen MR) is 123 cm³/mol. The fourth-order valence-electron chi connectivity index (χ4n) is 2.76. The van der Waals surface area contributed by atoms with Crippen LogP contribution in [0.15, 0.2) is 41.7 Å². The Bertz CT molecular complexity index is 1050. The van der Waals surface area contributed by atoms with Gasteiger partial charge in [0.05, 0.1) is 10.3 Å². The first-order valence-corrected chi connectivity index (χ1v) is 11.0. The molecule has 1 amide bonds. The number of aromatic nitrogens is 4. The lowest BCUT2D eigenvalue weighted by Gasteiger charge is -2.15. The lowest BCUT2D eigenvalue weighted by atomic mass is 10.0. The van der Waals surface area contributed by atoms with Gasteiger partial charge in [-0.15, -0.1) is 10.2 Å². The molecule has 0 saturated carbocycles. The largest absolute Gasteiger partial charge is 0.485 e. The molecule has 31 heavy (non-hydrogen) atoms. The number of nitrogen functional groups attached to an aromatic ring is 1. The Kier molecular flexibility index (Phi) is 7.40. The molecular weight excluding hydrogens is 436 g/mol. The van der Waals surface area contributed by atoms with E-state index in [0.29, 0.717) is 27.7 Å². The molecular formula is C21H25ClN6O2S. The van der Waals surface area contributed by atoms with Crippen LogP contribution < -0.4 is 15.9 Å². The molecule has 3 N–H and O–H groups in total. The Morgan fingerprint density at radius 2 is 2.03 bits per heavy atom. The number of pyridine rings is 1. The van der Waals surface area contributed by atoms with Crippen molar-refractivity contribution in [2.75, 3.05) is 11.2 Å². The highest BCUT2D eigenvalue weighted by molar-refractivity contribution is 8.00. The van der Waals surface area contributed by atoms with Crippen LogP contribution in [-0.4, -0.2) is 31.0 Å². The molecule has 0 aliphatic heterocycles. The molecule has 0 aliphatic carbocycles. The number of hydrogen-bond acceptors (Lipinski definition) is 7. The highest BCUT2D eigenvalue weighted by Crippen LogP contribution is 2.28. The molecule has 0 radical (unpaired) electrons. The standard InChI is InChI=1S/C21H25ClN6O2S/c1-12(2)16-7-5-13(3)9-17(16)30-11-19-26-27-21(28(19)23)31-14(4)20(29)25-18-8-6-15(22)10-24-18/h5-10,12,14H,11,23H2,1-4H3,(H,24,25,29). The Labute approximate surface area is 190 Å². The van der Waals surface area contributed by atoms with Crippen molar-refractivity contribution in [1.29, 1.82) is 0 Å². The number of thioether (sulfide) groups is 1. The first kappa shape index (κ1) is 22.9. The molecule has 0 bridgehead atoms. The zero-order chi connectivity index (χ0) is 22.5. The van der Waals surface area contributed by atoms with E-state index in [1.807, 2.05) is 13.0 Å². The zero-order valence-corrected chi connectivity index (χ0v) is 19.4. The van der Waals surface area contributed by atoms with E-state index in [4.69, 9.17) is 22.2 Å². The second kappa shape index (κ2) is 10.0. The lowest BCUT2D eigenvalue weighted by molar-refractivity contribution is -0.115. The summed E-state index contributed by atoms with van der Waals surface area (Å²) in [7, 11) is 0. The average molecular weight is 461 g/mol. The van der Waals surface area contributed by atoms with Gasteiger partial charge in [-0.3, -0.25) is 4.79 Å². The van der Waals surface area contributed by atoms with Crippen molar-refractivity contribution in [3.8, 4) is 5.75 Å². The Balaban J connectivity index is 1.63. The minimum Gasteiger partial charge on any atom is -0.485 e. The van der Waals surface area contributed by atoms with Gasteiger partial charge in [0.15, 0.2) is 5.82 Å². The molecule has 2 heterocycles. The number of hydrogen-bond donors (Lipinski definition) is 2. The van der Waals surface area contributed by atoms with Crippen LogP contribution in [0.25, 0.3) is 0 Å². The summed E-state index contributed by atoms with van der Waals surface area (Å²) in [4.78, 5) is 16.5. The van der Waals surface area contributed by atoms with Crippen LogP contribution in [0.1, 0.15) is 43.6 Å². The number of carbonyl (C=O) groups is 1. The molecule has 3 rings (SSSR count). The summed E-state index contributed by atoms with van der Waals surface area (Å²) in [6, 6.07) is 9.42. The third kappa shape index (κ3) is 5.89. The van der Waals surface area contributed by atoms with Crippen molar-refractivity contribution in [2.45, 2.75) is 50.6 Å². The maximum atomic E-state index is 12.4. The second-order valence-electron chi connectivity index (χ2n) is 7.36. The van der Waals surface area contributed by atoms with Gasteiger partial charge in [-0.25, -0.2) is 9.66 Å². The number of ether oxygens (including phenoxy) is 1. The van der Waals surface area contributed by atoms with Crippen LogP contribution in [0.2, 0.25) is 5.02 Å². The van der Waals surface area contributed by atoms with E-state index >= 15 is 0 Å². The number of nitrogens with zero attached hydrogens (tertiary/aromatic N) is 4. The van der Waals surface area contributed by atoms with Gasteiger partial charge in [0.2, 0.25) is 11.1 Å². The van der Waals surface area contributed by atoms with Crippen molar-refractivity contribution >= 4 is 35.1 Å². The molecule has 1 atom stereocenters. The second-order valence-corrected chi connectivity index (χ2v) is 9.11. The molecule has 3 aromatic rings. The summed E-state index contributed by atoms with van der Waals surface area (Å²) in [5, 5.41) is 11.4. The van der Waals surface area contributed by atoms with Gasteiger partial charge in [-0.2, -0.15) is 0 Å². The van der Waals surface area contributed by atoms with Crippen LogP contribution in [0, 0.1) is 6.92 Å². The smallest absolute Gasteiger partial charge is 0.238 e. The Hall–Kier alpha value is -2.78. The highest BCUT2D eigenvalue weighted by Gasteiger charge is 2.20. The fraction of sp³-hybridized carbons (Fsp3) is 0.333.